The first-order chi connectivity index (χ1) is 2.91. The van der Waals surface area contributed by atoms with Crippen LogP contribution in [0.15, 0.2) is 12.8 Å². The average molecular weight is 87.1 g/mol. The van der Waals surface area contributed by atoms with E-state index in [9.17, 15) is 5.11 Å². The standard InChI is InChI=1S/C4H7O2/c1-2-6-4-3-5/h2H,1,3-4H2/q-1. The first-order valence-corrected chi connectivity index (χ1v) is 1.72. The molecule has 0 saturated heterocycles. The molecule has 0 aliphatic rings. The molecule has 0 bridgehead atoms. The summed E-state index contributed by atoms with van der Waals surface area (Å²) in [5, 5.41) is 9.52. The van der Waals surface area contributed by atoms with Gasteiger partial charge in [0, 0.05) is 0 Å². The number of ether oxygens (including phenoxy) is 1. The summed E-state index contributed by atoms with van der Waals surface area (Å²) in [5.41, 5.74) is 0. The van der Waals surface area contributed by atoms with E-state index < -0.39 is 0 Å². The van der Waals surface area contributed by atoms with Gasteiger partial charge < -0.3 is 9.84 Å². The van der Waals surface area contributed by atoms with Gasteiger partial charge in [-0.2, -0.15) is 0 Å². The lowest BCUT2D eigenvalue weighted by molar-refractivity contribution is -0.372. The molecule has 0 amide bonds. The van der Waals surface area contributed by atoms with E-state index in [-0.39, 0.29) is 13.2 Å². The van der Waals surface area contributed by atoms with Crippen molar-refractivity contribution in [2.24, 2.45) is 0 Å². The minimum atomic E-state index is -0.188. The van der Waals surface area contributed by atoms with E-state index in [4.69, 9.17) is 0 Å². The van der Waals surface area contributed by atoms with E-state index in [1.54, 1.807) is 0 Å². The number of hydrogen-bond donors (Lipinski definition) is 0. The van der Waals surface area contributed by atoms with E-state index in [1.807, 2.05) is 0 Å². The highest BCUT2D eigenvalue weighted by Crippen LogP contribution is 1.65. The number of rotatable bonds is 3. The summed E-state index contributed by atoms with van der Waals surface area (Å²) in [7, 11) is 0. The molecule has 0 unspecified atom stereocenters. The van der Waals surface area contributed by atoms with Crippen LogP contribution in [0.5, 0.6) is 0 Å². The highest BCUT2D eigenvalue weighted by atomic mass is 16.5. The highest BCUT2D eigenvalue weighted by molar-refractivity contribution is 4.46. The Labute approximate surface area is 37.1 Å². The van der Waals surface area contributed by atoms with Crippen molar-refractivity contribution in [2.45, 2.75) is 0 Å². The lowest BCUT2D eigenvalue weighted by atomic mass is 10.8. The van der Waals surface area contributed by atoms with Gasteiger partial charge in [0.2, 0.25) is 0 Å². The normalized spacial score (nSPS) is 7.50. The fraction of sp³-hybridized carbons (Fsp3) is 0.500. The highest BCUT2D eigenvalue weighted by Gasteiger charge is 1.61. The van der Waals surface area contributed by atoms with Gasteiger partial charge in [0.25, 0.3) is 0 Å². The SMILES string of the molecule is C=COCC[O-]. The van der Waals surface area contributed by atoms with Crippen LogP contribution in [0, 0.1) is 0 Å². The maximum absolute atomic E-state index is 9.52. The molecule has 0 N–H and O–H groups in total. The molecule has 0 aromatic heterocycles. The summed E-state index contributed by atoms with van der Waals surface area (Å²) in [4.78, 5) is 0. The fourth-order valence-electron chi connectivity index (χ4n) is 0.131. The molecule has 0 aromatic rings. The van der Waals surface area contributed by atoms with Crippen LogP contribution in [0.4, 0.5) is 0 Å². The van der Waals surface area contributed by atoms with Crippen LogP contribution in [-0.2, 0) is 4.74 Å². The van der Waals surface area contributed by atoms with Gasteiger partial charge in [-0.3, -0.25) is 0 Å². The van der Waals surface area contributed by atoms with Crippen molar-refractivity contribution < 1.29 is 9.84 Å². The zero-order valence-corrected chi connectivity index (χ0v) is 3.52. The quantitative estimate of drug-likeness (QED) is 0.343. The molecule has 0 fully saturated rings. The third kappa shape index (κ3) is 3.50. The molecule has 6 heavy (non-hydrogen) atoms. The number of hydrogen-bond acceptors (Lipinski definition) is 2. The topological polar surface area (TPSA) is 32.3 Å². The van der Waals surface area contributed by atoms with Crippen molar-refractivity contribution in [3.05, 3.63) is 12.8 Å². The van der Waals surface area contributed by atoms with Gasteiger partial charge in [0.15, 0.2) is 0 Å². The van der Waals surface area contributed by atoms with Crippen LogP contribution in [-0.4, -0.2) is 13.2 Å². The molecule has 0 radical (unpaired) electrons. The molecular formula is C4H7O2-. The Morgan fingerprint density at radius 3 is 2.67 bits per heavy atom. The maximum atomic E-state index is 9.52. The van der Waals surface area contributed by atoms with E-state index in [0.29, 0.717) is 0 Å². The van der Waals surface area contributed by atoms with Gasteiger partial charge in [-0.05, 0) is 0 Å². The summed E-state index contributed by atoms with van der Waals surface area (Å²) in [6.45, 7) is 3.29. The Kier molecular flexibility index (Phi) is 4.12. The van der Waals surface area contributed by atoms with Gasteiger partial charge in [-0.25, -0.2) is 0 Å². The zero-order valence-electron chi connectivity index (χ0n) is 3.52. The van der Waals surface area contributed by atoms with Crippen molar-refractivity contribution in [3.63, 3.8) is 0 Å². The van der Waals surface area contributed by atoms with Crippen LogP contribution in [0.25, 0.3) is 0 Å². The van der Waals surface area contributed by atoms with Gasteiger partial charge in [0.1, 0.15) is 0 Å². The van der Waals surface area contributed by atoms with E-state index >= 15 is 0 Å². The van der Waals surface area contributed by atoms with Crippen molar-refractivity contribution in [2.75, 3.05) is 13.2 Å². The summed E-state index contributed by atoms with van der Waals surface area (Å²) >= 11 is 0. The third-order valence-electron chi connectivity index (χ3n) is 0.319. The van der Waals surface area contributed by atoms with E-state index in [0.717, 1.165) is 0 Å². The Balaban J connectivity index is 2.49. The molecule has 2 nitrogen and oxygen atoms in total. The second-order valence-electron chi connectivity index (χ2n) is 0.742. The van der Waals surface area contributed by atoms with Gasteiger partial charge >= 0.3 is 0 Å². The Bertz CT molecular complexity index is 34.5. The molecule has 36 valence electrons. The molecule has 0 atom stereocenters. The fourth-order valence-corrected chi connectivity index (χ4v) is 0.131. The predicted octanol–water partition coefficient (Wildman–Crippen LogP) is -0.493. The van der Waals surface area contributed by atoms with Crippen LogP contribution >= 0.6 is 0 Å². The first-order valence-electron chi connectivity index (χ1n) is 1.72. The van der Waals surface area contributed by atoms with Crippen molar-refractivity contribution in [1.82, 2.24) is 0 Å². The Morgan fingerprint density at radius 1 is 1.83 bits per heavy atom. The predicted molar refractivity (Wildman–Crippen MR) is 21.0 cm³/mol. The summed E-state index contributed by atoms with van der Waals surface area (Å²) < 4.78 is 4.43. The molecule has 0 heterocycles. The molecule has 0 aromatic carbocycles. The summed E-state index contributed by atoms with van der Waals surface area (Å²) in [6, 6.07) is 0. The minimum absolute atomic E-state index is 0.188. The van der Waals surface area contributed by atoms with Crippen LogP contribution in [0.3, 0.4) is 0 Å². The van der Waals surface area contributed by atoms with Crippen molar-refractivity contribution in [3.8, 4) is 0 Å². The monoisotopic (exact) mass is 87.0 g/mol. The molecule has 0 saturated carbocycles. The zero-order chi connectivity index (χ0) is 4.83. The van der Waals surface area contributed by atoms with Crippen LogP contribution in [0.2, 0.25) is 0 Å². The first kappa shape index (κ1) is 5.50. The second-order valence-corrected chi connectivity index (χ2v) is 0.742. The lowest BCUT2D eigenvalue weighted by Crippen LogP contribution is -2.10. The molecule has 0 rings (SSSR count). The van der Waals surface area contributed by atoms with Crippen molar-refractivity contribution >= 4 is 0 Å². The molecule has 0 aliphatic heterocycles. The van der Waals surface area contributed by atoms with Gasteiger partial charge in [-0.1, -0.05) is 6.58 Å². The Hall–Kier alpha value is -0.500. The lowest BCUT2D eigenvalue weighted by Gasteiger charge is -1.99. The molecule has 2 heteroatoms. The largest absolute Gasteiger partial charge is 0.852 e. The van der Waals surface area contributed by atoms with Gasteiger partial charge in [0.05, 0.1) is 12.9 Å². The van der Waals surface area contributed by atoms with E-state index in [1.165, 1.54) is 6.26 Å². The maximum Gasteiger partial charge on any atom is 0.0756 e. The van der Waals surface area contributed by atoms with Crippen LogP contribution in [0.1, 0.15) is 0 Å². The summed E-state index contributed by atoms with van der Waals surface area (Å²) in [6.07, 6.45) is 1.26. The average Bonchev–Trinajstić information content (AvgIpc) is 1.61. The summed E-state index contributed by atoms with van der Waals surface area (Å²) in [5.74, 6) is 0. The van der Waals surface area contributed by atoms with E-state index in [2.05, 4.69) is 11.3 Å². The smallest absolute Gasteiger partial charge is 0.0756 e. The second kappa shape index (κ2) is 4.50. The Morgan fingerprint density at radius 2 is 2.50 bits per heavy atom. The minimum Gasteiger partial charge on any atom is -0.852 e. The molecular weight excluding hydrogens is 80.0 g/mol. The molecule has 0 spiro atoms. The third-order valence-corrected chi connectivity index (χ3v) is 0.319. The van der Waals surface area contributed by atoms with Gasteiger partial charge in [-0.15, -0.1) is 6.61 Å². The van der Waals surface area contributed by atoms with Crippen molar-refractivity contribution in [1.29, 1.82) is 0 Å². The van der Waals surface area contributed by atoms with Crippen LogP contribution < -0.4 is 5.11 Å². The molecule has 0 aliphatic carbocycles.